The predicted octanol–water partition coefficient (Wildman–Crippen LogP) is -1.15. The first-order valence-electron chi connectivity index (χ1n) is 5.51. The number of aliphatic hydroxyl groups excluding tert-OH is 3. The van der Waals surface area contributed by atoms with E-state index in [9.17, 15) is 30.5 Å². The number of nitro groups is 1. The minimum atomic E-state index is -2.21. The molecule has 1 aliphatic rings. The smallest absolute Gasteiger partial charge is 0.269 e. The van der Waals surface area contributed by atoms with Crippen LogP contribution < -0.4 is 0 Å². The van der Waals surface area contributed by atoms with Gasteiger partial charge in [0, 0.05) is 17.7 Å². The van der Waals surface area contributed by atoms with Crippen molar-refractivity contribution in [2.45, 2.75) is 24.1 Å². The molecule has 4 atom stereocenters. The molecule has 8 heteroatoms. The summed E-state index contributed by atoms with van der Waals surface area (Å²) in [7, 11) is 0. The second-order valence-corrected chi connectivity index (χ2v) is 4.31. The first-order chi connectivity index (χ1) is 8.86. The maximum absolute atomic E-state index is 10.5. The average molecular weight is 271 g/mol. The Bertz CT molecular complexity index is 476. The predicted molar refractivity (Wildman–Crippen MR) is 61.0 cm³/mol. The molecule has 0 amide bonds. The fourth-order valence-corrected chi connectivity index (χ4v) is 1.91. The van der Waals surface area contributed by atoms with Crippen LogP contribution in [0.5, 0.6) is 0 Å². The highest BCUT2D eigenvalue weighted by molar-refractivity contribution is 5.35. The van der Waals surface area contributed by atoms with Gasteiger partial charge in [0.2, 0.25) is 5.79 Å². The molecule has 19 heavy (non-hydrogen) atoms. The van der Waals surface area contributed by atoms with E-state index < -0.39 is 29.0 Å². The van der Waals surface area contributed by atoms with Crippen LogP contribution in [0.25, 0.3) is 0 Å². The van der Waals surface area contributed by atoms with Gasteiger partial charge in [-0.05, 0) is 12.1 Å². The van der Waals surface area contributed by atoms with Crippen molar-refractivity contribution in [2.24, 2.45) is 0 Å². The lowest BCUT2D eigenvalue weighted by atomic mass is 9.91. The molecule has 1 aromatic rings. The minimum Gasteiger partial charge on any atom is -0.388 e. The Morgan fingerprint density at radius 3 is 2.37 bits per heavy atom. The second-order valence-electron chi connectivity index (χ2n) is 4.31. The molecule has 0 bridgehead atoms. The molecule has 0 aliphatic carbocycles. The number of rotatable bonds is 2. The van der Waals surface area contributed by atoms with Gasteiger partial charge in [-0.25, -0.2) is 0 Å². The molecule has 0 spiro atoms. The topological polar surface area (TPSA) is 133 Å². The van der Waals surface area contributed by atoms with Crippen molar-refractivity contribution in [2.75, 3.05) is 6.61 Å². The van der Waals surface area contributed by atoms with Crippen molar-refractivity contribution in [3.05, 3.63) is 39.9 Å². The molecule has 2 rings (SSSR count). The summed E-state index contributed by atoms with van der Waals surface area (Å²) in [6.07, 6.45) is -4.65. The fraction of sp³-hybridized carbons (Fsp3) is 0.455. The van der Waals surface area contributed by atoms with E-state index in [2.05, 4.69) is 0 Å². The Labute approximate surface area is 107 Å². The molecule has 8 nitrogen and oxygen atoms in total. The SMILES string of the molecule is O=[N+]([O-])c1ccc(C2(O)OC[C@@H](O)[C@@H](O)[C@@H]2O)cc1. The standard InChI is InChI=1S/C11H13NO7/c13-8-5-19-11(16,10(15)9(8)14)6-1-3-7(4-2-6)12(17)18/h1-4,8-10,13-16H,5H2/t8-,9-,10+,11?/m1/s1. The van der Waals surface area contributed by atoms with Crippen molar-refractivity contribution in [3.63, 3.8) is 0 Å². The molecule has 1 aliphatic heterocycles. The van der Waals surface area contributed by atoms with E-state index >= 15 is 0 Å². The molecule has 0 radical (unpaired) electrons. The van der Waals surface area contributed by atoms with E-state index in [1.807, 2.05) is 0 Å². The molecule has 1 unspecified atom stereocenters. The number of hydrogen-bond acceptors (Lipinski definition) is 7. The summed E-state index contributed by atoms with van der Waals surface area (Å²) < 4.78 is 4.97. The number of benzene rings is 1. The van der Waals surface area contributed by atoms with Crippen LogP contribution in [0.15, 0.2) is 24.3 Å². The summed E-state index contributed by atoms with van der Waals surface area (Å²) in [5, 5.41) is 49.4. The third kappa shape index (κ3) is 2.31. The maximum Gasteiger partial charge on any atom is 0.269 e. The third-order valence-electron chi connectivity index (χ3n) is 3.08. The van der Waals surface area contributed by atoms with Gasteiger partial charge in [-0.2, -0.15) is 0 Å². The van der Waals surface area contributed by atoms with Gasteiger partial charge in [0.05, 0.1) is 11.5 Å². The first-order valence-corrected chi connectivity index (χ1v) is 5.51. The first kappa shape index (κ1) is 13.8. The van der Waals surface area contributed by atoms with Gasteiger partial charge in [0.25, 0.3) is 5.69 Å². The van der Waals surface area contributed by atoms with Crippen LogP contribution in [-0.4, -0.2) is 50.3 Å². The number of nitrogens with zero attached hydrogens (tertiary/aromatic N) is 1. The Hall–Kier alpha value is -1.58. The second kappa shape index (κ2) is 4.83. The average Bonchev–Trinajstić information content (AvgIpc) is 2.41. The van der Waals surface area contributed by atoms with Gasteiger partial charge in [-0.3, -0.25) is 10.1 Å². The van der Waals surface area contributed by atoms with Crippen LogP contribution in [-0.2, 0) is 10.5 Å². The molecule has 0 saturated carbocycles. The van der Waals surface area contributed by atoms with Gasteiger partial charge in [0.1, 0.15) is 18.3 Å². The maximum atomic E-state index is 10.5. The summed E-state index contributed by atoms with van der Waals surface area (Å²) in [5.41, 5.74) is -0.130. The van der Waals surface area contributed by atoms with E-state index in [1.54, 1.807) is 0 Å². The molecular weight excluding hydrogens is 258 g/mol. The van der Waals surface area contributed by atoms with Crippen LogP contribution in [0.4, 0.5) is 5.69 Å². The van der Waals surface area contributed by atoms with Crippen LogP contribution in [0.2, 0.25) is 0 Å². The summed E-state index contributed by atoms with van der Waals surface area (Å²) in [5.74, 6) is -2.21. The van der Waals surface area contributed by atoms with Crippen molar-refractivity contribution in [1.29, 1.82) is 0 Å². The summed E-state index contributed by atoms with van der Waals surface area (Å²) in [6.45, 7) is -0.369. The normalized spacial score (nSPS) is 35.1. The van der Waals surface area contributed by atoms with Gasteiger partial charge < -0.3 is 25.2 Å². The van der Waals surface area contributed by atoms with E-state index in [4.69, 9.17) is 4.74 Å². The molecular formula is C11H13NO7. The molecule has 1 saturated heterocycles. The highest BCUT2D eigenvalue weighted by atomic mass is 16.6. The molecule has 104 valence electrons. The lowest BCUT2D eigenvalue weighted by Crippen LogP contribution is -2.58. The zero-order chi connectivity index (χ0) is 14.2. The zero-order valence-corrected chi connectivity index (χ0v) is 9.71. The van der Waals surface area contributed by atoms with Crippen LogP contribution in [0.3, 0.4) is 0 Å². The van der Waals surface area contributed by atoms with Crippen molar-refractivity contribution in [1.82, 2.24) is 0 Å². The quantitative estimate of drug-likeness (QED) is 0.394. The highest BCUT2D eigenvalue weighted by Gasteiger charge is 2.49. The monoisotopic (exact) mass is 271 g/mol. The Morgan fingerprint density at radius 2 is 1.84 bits per heavy atom. The summed E-state index contributed by atoms with van der Waals surface area (Å²) >= 11 is 0. The van der Waals surface area contributed by atoms with Crippen molar-refractivity contribution >= 4 is 5.69 Å². The number of hydrogen-bond donors (Lipinski definition) is 4. The molecule has 1 fully saturated rings. The lowest BCUT2D eigenvalue weighted by molar-refractivity contribution is -0.385. The van der Waals surface area contributed by atoms with Crippen LogP contribution >= 0.6 is 0 Å². The summed E-state index contributed by atoms with van der Waals surface area (Å²) in [6, 6.07) is 4.71. The van der Waals surface area contributed by atoms with E-state index in [0.717, 1.165) is 12.1 Å². The summed E-state index contributed by atoms with van der Waals surface area (Å²) in [4.78, 5) is 9.91. The van der Waals surface area contributed by atoms with Crippen molar-refractivity contribution < 1.29 is 30.1 Å². The van der Waals surface area contributed by atoms with Crippen molar-refractivity contribution in [3.8, 4) is 0 Å². The zero-order valence-electron chi connectivity index (χ0n) is 9.71. The van der Waals surface area contributed by atoms with Gasteiger partial charge in [0.15, 0.2) is 0 Å². The largest absolute Gasteiger partial charge is 0.388 e. The van der Waals surface area contributed by atoms with E-state index in [0.29, 0.717) is 0 Å². The molecule has 4 N–H and O–H groups in total. The van der Waals surface area contributed by atoms with Gasteiger partial charge >= 0.3 is 0 Å². The lowest BCUT2D eigenvalue weighted by Gasteiger charge is -2.41. The Kier molecular flexibility index (Phi) is 3.52. The van der Waals surface area contributed by atoms with Gasteiger partial charge in [-0.1, -0.05) is 0 Å². The number of non-ortho nitro benzene ring substituents is 1. The van der Waals surface area contributed by atoms with Crippen LogP contribution in [0, 0.1) is 10.1 Å². The minimum absolute atomic E-state index is 0.0524. The van der Waals surface area contributed by atoms with E-state index in [-0.39, 0.29) is 17.9 Å². The number of aliphatic hydroxyl groups is 4. The third-order valence-corrected chi connectivity index (χ3v) is 3.08. The molecule has 0 aromatic heterocycles. The van der Waals surface area contributed by atoms with Gasteiger partial charge in [-0.15, -0.1) is 0 Å². The molecule has 1 heterocycles. The Balaban J connectivity index is 2.31. The fourth-order valence-electron chi connectivity index (χ4n) is 1.91. The number of ether oxygens (including phenoxy) is 1. The highest BCUT2D eigenvalue weighted by Crippen LogP contribution is 2.34. The number of nitro benzene ring substituents is 1. The van der Waals surface area contributed by atoms with Crippen LogP contribution in [0.1, 0.15) is 5.56 Å². The molecule has 1 aromatic carbocycles. The van der Waals surface area contributed by atoms with E-state index in [1.165, 1.54) is 12.1 Å². The Morgan fingerprint density at radius 1 is 1.26 bits per heavy atom.